The van der Waals surface area contributed by atoms with E-state index in [-0.39, 0.29) is 25.6 Å². The molecule has 1 aliphatic rings. The maximum atomic E-state index is 8.56. The molecule has 1 rings (SSSR count). The van der Waals surface area contributed by atoms with Crippen LogP contribution in [0, 0.1) is 6.08 Å². The zero-order chi connectivity index (χ0) is 14.3. The summed E-state index contributed by atoms with van der Waals surface area (Å²) in [7, 11) is 0.120. The predicted molar refractivity (Wildman–Crippen MR) is 66.2 cm³/mol. The minimum atomic E-state index is -1.83. The Bertz CT molecular complexity index is 220. The van der Waals surface area contributed by atoms with Crippen molar-refractivity contribution < 1.29 is 46.8 Å². The third-order valence-electron chi connectivity index (χ3n) is 0.586. The average molecular weight is 321 g/mol. The first-order valence-corrected chi connectivity index (χ1v) is 7.52. The number of hydrogen-bond acceptors (Lipinski definition) is 2. The normalized spacial score (nSPS) is 9.56. The summed E-state index contributed by atoms with van der Waals surface area (Å²) < 4.78 is 0. The summed E-state index contributed by atoms with van der Waals surface area (Å²) in [6.45, 7) is 6.81. The Hall–Kier alpha value is -1.26. The van der Waals surface area contributed by atoms with Crippen molar-refractivity contribution >= 4 is 21.1 Å². The molecule has 0 aromatic heterocycles. The Morgan fingerprint density at radius 1 is 1.06 bits per heavy atom. The first-order valence-electron chi connectivity index (χ1n) is 4.52. The van der Waals surface area contributed by atoms with Gasteiger partial charge in [-0.1, -0.05) is 19.6 Å². The zero-order valence-corrected chi connectivity index (χ0v) is 12.4. The molecule has 0 amide bonds. The van der Waals surface area contributed by atoms with Crippen molar-refractivity contribution in [1.29, 1.82) is 0 Å². The van der Waals surface area contributed by atoms with E-state index < -0.39 is 12.3 Å². The van der Waals surface area contributed by atoms with Gasteiger partial charge in [0, 0.05) is 25.6 Å². The second-order valence-electron chi connectivity index (χ2n) is 3.07. The van der Waals surface area contributed by atoms with Crippen LogP contribution in [0.5, 0.6) is 0 Å². The summed E-state index contributed by atoms with van der Waals surface area (Å²) in [6, 6.07) is 0. The van der Waals surface area contributed by atoms with Gasteiger partial charge in [0.25, 0.3) is 0 Å². The van der Waals surface area contributed by atoms with Gasteiger partial charge in [0.2, 0.25) is 0 Å². The zero-order valence-electron chi connectivity index (χ0n) is 10.4. The third-order valence-corrected chi connectivity index (χ3v) is 0.586. The van der Waals surface area contributed by atoms with Crippen LogP contribution < -0.4 is 0 Å². The Kier molecular flexibility index (Phi) is 29.9. The van der Waals surface area contributed by atoms with E-state index in [1.165, 1.54) is 0 Å². The molecule has 0 saturated carbocycles. The second kappa shape index (κ2) is 21.1. The van der Waals surface area contributed by atoms with Crippen LogP contribution >= 0.6 is 0 Å². The average Bonchev–Trinajstić information content (AvgIpc) is 2.53. The minimum absolute atomic E-state index is 0. The Labute approximate surface area is 118 Å². The van der Waals surface area contributed by atoms with Crippen molar-refractivity contribution in [2.24, 2.45) is 0 Å². The summed E-state index contributed by atoms with van der Waals surface area (Å²) in [5.74, 6) is 0. The van der Waals surface area contributed by atoms with Crippen LogP contribution in [0.2, 0.25) is 19.6 Å². The molecule has 6 nitrogen and oxygen atoms in total. The predicted octanol–water partition coefficient (Wildman–Crippen LogP) is 3.12. The van der Waals surface area contributed by atoms with E-state index in [0.717, 1.165) is 6.42 Å². The molecule has 4 N–H and O–H groups in total. The molecule has 0 aromatic rings. The molecule has 0 saturated heterocycles. The van der Waals surface area contributed by atoms with E-state index >= 15 is 0 Å². The molecule has 1 aliphatic carbocycles. The Morgan fingerprint density at radius 2 is 1.33 bits per heavy atom. The maximum Gasteiger partial charge on any atom is 0.503 e. The molecule has 0 spiro atoms. The topological polar surface area (TPSA) is 115 Å². The van der Waals surface area contributed by atoms with E-state index in [9.17, 15) is 0 Å². The summed E-state index contributed by atoms with van der Waals surface area (Å²) in [6.07, 6.45) is 6.33. The largest absolute Gasteiger partial charge is 0.503 e. The summed E-state index contributed by atoms with van der Waals surface area (Å²) >= 11 is 0. The monoisotopic (exact) mass is 321 g/mol. The van der Waals surface area contributed by atoms with Crippen molar-refractivity contribution in [3.05, 3.63) is 24.3 Å². The maximum absolute atomic E-state index is 8.56. The van der Waals surface area contributed by atoms with Gasteiger partial charge in [-0.3, -0.25) is 6.08 Å². The molecule has 0 heterocycles. The Balaban J connectivity index is -0.0000000719. The fraction of sp³-hybridized carbons (Fsp3) is 0.400. The molecule has 0 aliphatic heterocycles. The molecule has 0 bridgehead atoms. The van der Waals surface area contributed by atoms with Crippen molar-refractivity contribution in [2.75, 3.05) is 0 Å². The van der Waals surface area contributed by atoms with Gasteiger partial charge in [0.05, 0.1) is 0 Å². The molecule has 0 unspecified atom stereocenters. The van der Waals surface area contributed by atoms with Gasteiger partial charge in [-0.25, -0.2) is 21.7 Å². The standard InChI is InChI=1S/C5H5.C3H9Si.2CH2O3.Co/c1-2-4-5-3-1;1-4(2)3;2*2-1(3)4;/h1-3H,4H2;1-3H3;2*(H2,2,3,4);/q-1;;;;. The summed E-state index contributed by atoms with van der Waals surface area (Å²) in [5, 5.41) is 27.9. The van der Waals surface area contributed by atoms with E-state index in [1.807, 2.05) is 12.2 Å². The minimum Gasteiger partial charge on any atom is -0.450 e. The van der Waals surface area contributed by atoms with Gasteiger partial charge in [0.15, 0.2) is 0 Å². The van der Waals surface area contributed by atoms with Gasteiger partial charge in [-0.05, 0) is 0 Å². The molecular weight excluding hydrogens is 303 g/mol. The van der Waals surface area contributed by atoms with E-state index in [1.54, 1.807) is 0 Å². The molecule has 0 fully saturated rings. The SMILES string of the molecule is C[Si](C)C.O=C(O)O.O=C(O)O.[C-]1=CC=CC1.[Co]. The van der Waals surface area contributed by atoms with Crippen molar-refractivity contribution in [2.45, 2.75) is 26.1 Å². The number of carbonyl (C=O) groups is 2. The molecule has 0 atom stereocenters. The number of hydrogen-bond donors (Lipinski definition) is 4. The van der Waals surface area contributed by atoms with Gasteiger partial charge in [0.1, 0.15) is 0 Å². The number of rotatable bonds is 0. The fourth-order valence-electron chi connectivity index (χ4n) is 0.340. The van der Waals surface area contributed by atoms with Crippen molar-refractivity contribution in [3.8, 4) is 0 Å². The van der Waals surface area contributed by atoms with Gasteiger partial charge >= 0.3 is 12.3 Å². The molecular formula is C10H18CoO6Si-. The first kappa shape index (κ1) is 25.6. The van der Waals surface area contributed by atoms with Crippen LogP contribution in [-0.2, 0) is 16.8 Å². The Morgan fingerprint density at radius 3 is 1.39 bits per heavy atom. The summed E-state index contributed by atoms with van der Waals surface area (Å²) in [4.78, 5) is 17.1. The van der Waals surface area contributed by atoms with E-state index in [2.05, 4.69) is 31.8 Å². The van der Waals surface area contributed by atoms with Crippen LogP contribution in [0.15, 0.2) is 18.2 Å². The second-order valence-corrected chi connectivity index (χ2v) is 6.07. The quantitative estimate of drug-likeness (QED) is 0.402. The van der Waals surface area contributed by atoms with Crippen LogP contribution in [0.4, 0.5) is 9.59 Å². The smallest absolute Gasteiger partial charge is 0.450 e. The fourth-order valence-corrected chi connectivity index (χ4v) is 0.340. The van der Waals surface area contributed by atoms with Gasteiger partial charge in [-0.2, -0.15) is 6.08 Å². The van der Waals surface area contributed by atoms with Crippen LogP contribution in [0.3, 0.4) is 0 Å². The van der Waals surface area contributed by atoms with Crippen LogP contribution in [-0.4, -0.2) is 41.5 Å². The van der Waals surface area contributed by atoms with Crippen LogP contribution in [0.1, 0.15) is 6.42 Å². The molecule has 18 heavy (non-hydrogen) atoms. The number of allylic oxidation sites excluding steroid dienone is 4. The molecule has 108 valence electrons. The number of carboxylic acid groups (broad SMARTS) is 4. The molecule has 2 radical (unpaired) electrons. The van der Waals surface area contributed by atoms with E-state index in [4.69, 9.17) is 30.0 Å². The first-order chi connectivity index (χ1) is 7.70. The van der Waals surface area contributed by atoms with Crippen LogP contribution in [0.25, 0.3) is 0 Å². The third kappa shape index (κ3) is 199. The summed E-state index contributed by atoms with van der Waals surface area (Å²) in [5.41, 5.74) is 0. The molecule has 8 heteroatoms. The van der Waals surface area contributed by atoms with E-state index in [0.29, 0.717) is 0 Å². The van der Waals surface area contributed by atoms with Crippen molar-refractivity contribution in [1.82, 2.24) is 0 Å². The van der Waals surface area contributed by atoms with Gasteiger partial charge in [-0.15, -0.1) is 6.42 Å². The van der Waals surface area contributed by atoms with Gasteiger partial charge < -0.3 is 20.4 Å². The molecule has 0 aromatic carbocycles. The van der Waals surface area contributed by atoms with Crippen molar-refractivity contribution in [3.63, 3.8) is 0 Å².